The molecular weight excluding hydrogens is 244 g/mol. The van der Waals surface area contributed by atoms with Crippen LogP contribution in [0.25, 0.3) is 0 Å². The zero-order chi connectivity index (χ0) is 13.2. The molecule has 0 unspecified atom stereocenters. The number of carbonyl (C=O) groups is 1. The molecule has 100 valence electrons. The standard InChI is InChI=1S/C14H22N2OS/c1-10-8-12(18-11(10)2)9-16-13(17)14(3)4-6-15-7-5-14/h8,15H,4-7,9H2,1-3H3,(H,16,17). The van der Waals surface area contributed by atoms with Gasteiger partial charge in [-0.15, -0.1) is 11.3 Å². The van der Waals surface area contributed by atoms with Crippen molar-refractivity contribution >= 4 is 17.2 Å². The molecule has 1 aromatic rings. The largest absolute Gasteiger partial charge is 0.351 e. The van der Waals surface area contributed by atoms with E-state index in [1.165, 1.54) is 15.3 Å². The van der Waals surface area contributed by atoms with Crippen LogP contribution >= 0.6 is 11.3 Å². The number of nitrogens with one attached hydrogen (secondary N) is 2. The molecule has 0 spiro atoms. The van der Waals surface area contributed by atoms with Gasteiger partial charge >= 0.3 is 0 Å². The van der Waals surface area contributed by atoms with Crippen LogP contribution in [0.4, 0.5) is 0 Å². The van der Waals surface area contributed by atoms with E-state index in [9.17, 15) is 4.79 Å². The van der Waals surface area contributed by atoms with Crippen LogP contribution < -0.4 is 10.6 Å². The van der Waals surface area contributed by atoms with Crippen molar-refractivity contribution in [1.82, 2.24) is 10.6 Å². The molecule has 0 aromatic carbocycles. The lowest BCUT2D eigenvalue weighted by atomic mass is 9.80. The smallest absolute Gasteiger partial charge is 0.226 e. The van der Waals surface area contributed by atoms with Gasteiger partial charge in [0, 0.05) is 15.2 Å². The van der Waals surface area contributed by atoms with Crippen molar-refractivity contribution in [2.24, 2.45) is 5.41 Å². The first-order valence-corrected chi connectivity index (χ1v) is 7.38. The summed E-state index contributed by atoms with van der Waals surface area (Å²) in [5.74, 6) is 0.202. The minimum absolute atomic E-state index is 0.188. The summed E-state index contributed by atoms with van der Waals surface area (Å²) in [5.41, 5.74) is 1.13. The van der Waals surface area contributed by atoms with E-state index in [-0.39, 0.29) is 11.3 Å². The van der Waals surface area contributed by atoms with Crippen molar-refractivity contribution < 1.29 is 4.79 Å². The van der Waals surface area contributed by atoms with Gasteiger partial charge in [0.1, 0.15) is 0 Å². The zero-order valence-electron chi connectivity index (χ0n) is 11.4. The van der Waals surface area contributed by atoms with E-state index in [2.05, 4.69) is 37.5 Å². The lowest BCUT2D eigenvalue weighted by Crippen LogP contribution is -2.45. The molecule has 2 N–H and O–H groups in total. The monoisotopic (exact) mass is 266 g/mol. The molecule has 0 radical (unpaired) electrons. The molecule has 0 saturated carbocycles. The summed E-state index contributed by atoms with van der Waals surface area (Å²) in [6, 6.07) is 2.17. The zero-order valence-corrected chi connectivity index (χ0v) is 12.2. The fourth-order valence-corrected chi connectivity index (χ4v) is 3.32. The molecular formula is C14H22N2OS. The van der Waals surface area contributed by atoms with Gasteiger partial charge < -0.3 is 10.6 Å². The first-order chi connectivity index (χ1) is 8.51. The summed E-state index contributed by atoms with van der Waals surface area (Å²) >= 11 is 1.77. The molecule has 0 aliphatic carbocycles. The minimum Gasteiger partial charge on any atom is -0.351 e. The number of thiophene rings is 1. The van der Waals surface area contributed by atoms with Crippen LogP contribution in [0, 0.1) is 19.3 Å². The summed E-state index contributed by atoms with van der Waals surface area (Å²) in [4.78, 5) is 14.8. The van der Waals surface area contributed by atoms with Gasteiger partial charge in [0.05, 0.1) is 6.54 Å². The Hall–Kier alpha value is -0.870. The maximum Gasteiger partial charge on any atom is 0.226 e. The predicted molar refractivity (Wildman–Crippen MR) is 75.9 cm³/mol. The first kappa shape index (κ1) is 13.6. The molecule has 2 heterocycles. The second-order valence-corrected chi connectivity index (χ2v) is 6.79. The van der Waals surface area contributed by atoms with Gasteiger partial charge in [-0.05, 0) is 51.4 Å². The normalized spacial score (nSPS) is 18.6. The molecule has 1 aliphatic heterocycles. The lowest BCUT2D eigenvalue weighted by Gasteiger charge is -2.32. The molecule has 1 aromatic heterocycles. The van der Waals surface area contributed by atoms with Crippen molar-refractivity contribution in [2.45, 2.75) is 40.2 Å². The Morgan fingerprint density at radius 1 is 1.44 bits per heavy atom. The van der Waals surface area contributed by atoms with E-state index in [0.29, 0.717) is 6.54 Å². The van der Waals surface area contributed by atoms with Gasteiger partial charge in [-0.25, -0.2) is 0 Å². The lowest BCUT2D eigenvalue weighted by molar-refractivity contribution is -0.131. The first-order valence-electron chi connectivity index (χ1n) is 6.56. The van der Waals surface area contributed by atoms with Crippen LogP contribution in [-0.4, -0.2) is 19.0 Å². The topological polar surface area (TPSA) is 41.1 Å². The van der Waals surface area contributed by atoms with E-state index in [1.54, 1.807) is 11.3 Å². The van der Waals surface area contributed by atoms with Crippen LogP contribution in [0.2, 0.25) is 0 Å². The fraction of sp³-hybridized carbons (Fsp3) is 0.643. The van der Waals surface area contributed by atoms with Crippen molar-refractivity contribution in [1.29, 1.82) is 0 Å². The fourth-order valence-electron chi connectivity index (χ4n) is 2.32. The van der Waals surface area contributed by atoms with Gasteiger partial charge in [-0.2, -0.15) is 0 Å². The quantitative estimate of drug-likeness (QED) is 0.882. The number of piperidine rings is 1. The number of hydrogen-bond donors (Lipinski definition) is 2. The number of hydrogen-bond acceptors (Lipinski definition) is 3. The number of carbonyl (C=O) groups excluding carboxylic acids is 1. The summed E-state index contributed by atoms with van der Waals surface area (Å²) in [5, 5.41) is 6.39. The highest BCUT2D eigenvalue weighted by Crippen LogP contribution is 2.28. The van der Waals surface area contributed by atoms with Crippen molar-refractivity contribution in [2.75, 3.05) is 13.1 Å². The Balaban J connectivity index is 1.91. The highest BCUT2D eigenvalue weighted by molar-refractivity contribution is 7.12. The maximum atomic E-state index is 12.3. The summed E-state index contributed by atoms with van der Waals surface area (Å²) in [7, 11) is 0. The van der Waals surface area contributed by atoms with E-state index in [1.807, 2.05) is 0 Å². The van der Waals surface area contributed by atoms with Crippen LogP contribution in [0.3, 0.4) is 0 Å². The number of amides is 1. The Morgan fingerprint density at radius 3 is 2.67 bits per heavy atom. The second kappa shape index (κ2) is 5.41. The van der Waals surface area contributed by atoms with Gasteiger partial charge in [0.25, 0.3) is 0 Å². The van der Waals surface area contributed by atoms with E-state index < -0.39 is 0 Å². The van der Waals surface area contributed by atoms with Gasteiger partial charge in [0.15, 0.2) is 0 Å². The molecule has 3 nitrogen and oxygen atoms in total. The van der Waals surface area contributed by atoms with Crippen LogP contribution in [0.5, 0.6) is 0 Å². The molecule has 18 heavy (non-hydrogen) atoms. The SMILES string of the molecule is Cc1cc(CNC(=O)C2(C)CCNCC2)sc1C. The Bertz CT molecular complexity index is 414. The average Bonchev–Trinajstić information content (AvgIpc) is 2.67. The summed E-state index contributed by atoms with van der Waals surface area (Å²) in [6.45, 7) is 8.88. The Morgan fingerprint density at radius 2 is 2.11 bits per heavy atom. The summed E-state index contributed by atoms with van der Waals surface area (Å²) in [6.07, 6.45) is 1.86. The molecule has 0 bridgehead atoms. The van der Waals surface area contributed by atoms with Crippen molar-refractivity contribution in [3.05, 3.63) is 21.4 Å². The molecule has 1 saturated heterocycles. The van der Waals surface area contributed by atoms with Gasteiger partial charge in [-0.3, -0.25) is 4.79 Å². The van der Waals surface area contributed by atoms with E-state index in [4.69, 9.17) is 0 Å². The third-order valence-electron chi connectivity index (χ3n) is 3.90. The third kappa shape index (κ3) is 2.93. The van der Waals surface area contributed by atoms with Crippen LogP contribution in [0.1, 0.15) is 35.1 Å². The van der Waals surface area contributed by atoms with Crippen molar-refractivity contribution in [3.8, 4) is 0 Å². The third-order valence-corrected chi connectivity index (χ3v) is 5.05. The highest BCUT2D eigenvalue weighted by atomic mass is 32.1. The molecule has 1 amide bonds. The molecule has 1 fully saturated rings. The molecule has 0 atom stereocenters. The number of rotatable bonds is 3. The molecule has 1 aliphatic rings. The highest BCUT2D eigenvalue weighted by Gasteiger charge is 2.34. The van der Waals surface area contributed by atoms with Crippen LogP contribution in [-0.2, 0) is 11.3 Å². The minimum atomic E-state index is -0.188. The molecule has 4 heteroatoms. The Kier molecular flexibility index (Phi) is 4.07. The average molecular weight is 266 g/mol. The van der Waals surface area contributed by atoms with Gasteiger partial charge in [0.2, 0.25) is 5.91 Å². The van der Waals surface area contributed by atoms with Crippen molar-refractivity contribution in [3.63, 3.8) is 0 Å². The second-order valence-electron chi connectivity index (χ2n) is 5.45. The summed E-state index contributed by atoms with van der Waals surface area (Å²) < 4.78 is 0. The molecule has 2 rings (SSSR count). The van der Waals surface area contributed by atoms with E-state index in [0.717, 1.165) is 25.9 Å². The number of aryl methyl sites for hydroxylation is 2. The van der Waals surface area contributed by atoms with Crippen LogP contribution in [0.15, 0.2) is 6.07 Å². The maximum absolute atomic E-state index is 12.3. The van der Waals surface area contributed by atoms with Gasteiger partial charge in [-0.1, -0.05) is 6.92 Å². The van der Waals surface area contributed by atoms with E-state index >= 15 is 0 Å². The predicted octanol–water partition coefficient (Wildman–Crippen LogP) is 2.37. The Labute approximate surface area is 113 Å².